The molecule has 2 heterocycles. The molecule has 1 aromatic rings. The lowest BCUT2D eigenvalue weighted by Crippen LogP contribution is -2.53. The van der Waals surface area contributed by atoms with Gasteiger partial charge in [0.2, 0.25) is 0 Å². The quantitative estimate of drug-likeness (QED) is 0.734. The van der Waals surface area contributed by atoms with Crippen molar-refractivity contribution >= 4 is 34.1 Å². The Kier molecular flexibility index (Phi) is 7.44. The Morgan fingerprint density at radius 1 is 1.14 bits per heavy atom. The number of amides is 2. The summed E-state index contributed by atoms with van der Waals surface area (Å²) in [6, 6.07) is 6.04. The molecule has 0 spiro atoms. The minimum Gasteiger partial charge on any atom is -0.364 e. The highest BCUT2D eigenvalue weighted by atomic mass is 35.5. The van der Waals surface area contributed by atoms with Crippen LogP contribution < -0.4 is 5.73 Å². The Morgan fingerprint density at radius 2 is 1.79 bits per heavy atom. The molecule has 2 N–H and O–H groups in total. The predicted octanol–water partition coefficient (Wildman–Crippen LogP) is 0.303. The van der Waals surface area contributed by atoms with Gasteiger partial charge in [-0.25, -0.2) is 8.42 Å². The third-order valence-electron chi connectivity index (χ3n) is 5.03. The summed E-state index contributed by atoms with van der Waals surface area (Å²) < 4.78 is 29.0. The molecule has 8 nitrogen and oxygen atoms in total. The van der Waals surface area contributed by atoms with Gasteiger partial charge in [0.05, 0.1) is 11.0 Å². The molecule has 0 unspecified atom stereocenters. The molecule has 0 aromatic heterocycles. The van der Waals surface area contributed by atoms with Gasteiger partial charge in [-0.05, 0) is 31.0 Å². The number of ether oxygens (including phenoxy) is 1. The molecule has 0 aliphatic carbocycles. The highest BCUT2D eigenvalue weighted by molar-refractivity contribution is 7.90. The number of piperazine rings is 1. The minimum absolute atomic E-state index is 0. The van der Waals surface area contributed by atoms with Gasteiger partial charge in [-0.15, -0.1) is 12.4 Å². The standard InChI is InChI=1S/C18H25N3O5S.ClH/c1-27(24,25)15-4-2-3-13(11-15)17(22)20-7-9-21(10-8-20)18(23)16-6-5-14(12-19)26-16;/h2-4,11,14,16H,5-10,12,19H2,1H3;1H/t14-,16+;/m1./s1. The predicted molar refractivity (Wildman–Crippen MR) is 106 cm³/mol. The van der Waals surface area contributed by atoms with Crippen molar-refractivity contribution in [3.8, 4) is 0 Å². The number of halogens is 1. The smallest absolute Gasteiger partial charge is 0.254 e. The molecular weight excluding hydrogens is 406 g/mol. The van der Waals surface area contributed by atoms with Crippen LogP contribution in [0.15, 0.2) is 29.2 Å². The number of sulfone groups is 1. The van der Waals surface area contributed by atoms with Crippen molar-refractivity contribution in [3.63, 3.8) is 0 Å². The average molecular weight is 432 g/mol. The normalized spacial score (nSPS) is 22.6. The van der Waals surface area contributed by atoms with Crippen LogP contribution in [0.2, 0.25) is 0 Å². The Hall–Kier alpha value is -1.68. The highest BCUT2D eigenvalue weighted by Gasteiger charge is 2.34. The van der Waals surface area contributed by atoms with Crippen LogP contribution in [0, 0.1) is 0 Å². The van der Waals surface area contributed by atoms with Crippen LogP contribution in [0.4, 0.5) is 0 Å². The van der Waals surface area contributed by atoms with E-state index in [4.69, 9.17) is 10.5 Å². The Bertz CT molecular complexity index is 824. The summed E-state index contributed by atoms with van der Waals surface area (Å²) >= 11 is 0. The van der Waals surface area contributed by atoms with Gasteiger partial charge in [0.25, 0.3) is 11.8 Å². The first-order chi connectivity index (χ1) is 12.8. The lowest BCUT2D eigenvalue weighted by Gasteiger charge is -2.36. The van der Waals surface area contributed by atoms with Crippen LogP contribution in [0.3, 0.4) is 0 Å². The Morgan fingerprint density at radius 3 is 2.36 bits per heavy atom. The number of carbonyl (C=O) groups is 2. The van der Waals surface area contributed by atoms with Gasteiger partial charge in [-0.1, -0.05) is 6.07 Å². The lowest BCUT2D eigenvalue weighted by molar-refractivity contribution is -0.144. The largest absolute Gasteiger partial charge is 0.364 e. The summed E-state index contributed by atoms with van der Waals surface area (Å²) in [7, 11) is -3.37. The van der Waals surface area contributed by atoms with E-state index in [1.807, 2.05) is 0 Å². The maximum Gasteiger partial charge on any atom is 0.254 e. The van der Waals surface area contributed by atoms with Gasteiger partial charge < -0.3 is 20.3 Å². The number of benzene rings is 1. The van der Waals surface area contributed by atoms with Crippen molar-refractivity contribution in [2.24, 2.45) is 5.73 Å². The van der Waals surface area contributed by atoms with Crippen LogP contribution in [0.5, 0.6) is 0 Å². The number of rotatable bonds is 4. The molecule has 3 rings (SSSR count). The molecule has 2 fully saturated rings. The third kappa shape index (κ3) is 5.02. The minimum atomic E-state index is -3.37. The van der Waals surface area contributed by atoms with Gasteiger partial charge in [0.1, 0.15) is 6.10 Å². The van der Waals surface area contributed by atoms with E-state index in [9.17, 15) is 18.0 Å². The monoisotopic (exact) mass is 431 g/mol. The number of nitrogens with two attached hydrogens (primary N) is 1. The lowest BCUT2D eigenvalue weighted by atomic mass is 10.1. The molecule has 1 aromatic carbocycles. The van der Waals surface area contributed by atoms with E-state index >= 15 is 0 Å². The first kappa shape index (κ1) is 22.6. The number of hydrogen-bond donors (Lipinski definition) is 1. The molecule has 28 heavy (non-hydrogen) atoms. The van der Waals surface area contributed by atoms with Crippen LogP contribution in [0.25, 0.3) is 0 Å². The zero-order valence-corrected chi connectivity index (χ0v) is 17.4. The zero-order valence-electron chi connectivity index (χ0n) is 15.7. The number of hydrogen-bond acceptors (Lipinski definition) is 6. The first-order valence-corrected chi connectivity index (χ1v) is 10.9. The second kappa shape index (κ2) is 9.21. The molecule has 2 aliphatic heterocycles. The summed E-state index contributed by atoms with van der Waals surface area (Å²) in [6.07, 6.45) is 2.10. The number of nitrogens with zero attached hydrogens (tertiary/aromatic N) is 2. The third-order valence-corrected chi connectivity index (χ3v) is 6.14. The van der Waals surface area contributed by atoms with E-state index in [-0.39, 0.29) is 35.2 Å². The molecule has 0 bridgehead atoms. The molecule has 10 heteroatoms. The fraction of sp³-hybridized carbons (Fsp3) is 0.556. The van der Waals surface area contributed by atoms with Crippen LogP contribution >= 0.6 is 12.4 Å². The number of carbonyl (C=O) groups excluding carboxylic acids is 2. The van der Waals surface area contributed by atoms with E-state index in [1.165, 1.54) is 12.1 Å². The second-order valence-corrected chi connectivity index (χ2v) is 8.99. The van der Waals surface area contributed by atoms with Crippen molar-refractivity contribution in [2.45, 2.75) is 29.9 Å². The Balaban J connectivity index is 0.00000280. The van der Waals surface area contributed by atoms with Gasteiger partial charge in [-0.2, -0.15) is 0 Å². The van der Waals surface area contributed by atoms with Gasteiger partial charge in [0.15, 0.2) is 9.84 Å². The topological polar surface area (TPSA) is 110 Å². The first-order valence-electron chi connectivity index (χ1n) is 9.03. The van der Waals surface area contributed by atoms with Crippen molar-refractivity contribution in [1.29, 1.82) is 0 Å². The summed E-state index contributed by atoms with van der Waals surface area (Å²) in [4.78, 5) is 28.7. The van der Waals surface area contributed by atoms with E-state index in [0.29, 0.717) is 44.7 Å². The SMILES string of the molecule is CS(=O)(=O)c1cccc(C(=O)N2CCN(C(=O)[C@@H]3CC[C@H](CN)O3)CC2)c1.Cl. The Labute approximate surface area is 171 Å². The van der Waals surface area contributed by atoms with Crippen molar-refractivity contribution in [2.75, 3.05) is 39.0 Å². The van der Waals surface area contributed by atoms with E-state index in [0.717, 1.165) is 12.7 Å². The molecule has 0 saturated carbocycles. The molecule has 2 aliphatic rings. The second-order valence-electron chi connectivity index (χ2n) is 6.98. The highest BCUT2D eigenvalue weighted by Crippen LogP contribution is 2.22. The summed E-state index contributed by atoms with van der Waals surface area (Å²) in [6.45, 7) is 2.09. The molecule has 156 valence electrons. The van der Waals surface area contributed by atoms with E-state index < -0.39 is 15.9 Å². The van der Waals surface area contributed by atoms with Crippen LogP contribution in [-0.2, 0) is 19.4 Å². The van der Waals surface area contributed by atoms with Crippen LogP contribution in [0.1, 0.15) is 23.2 Å². The van der Waals surface area contributed by atoms with Crippen molar-refractivity contribution < 1.29 is 22.7 Å². The fourth-order valence-corrected chi connectivity index (χ4v) is 4.10. The maximum atomic E-state index is 12.7. The molecule has 2 saturated heterocycles. The zero-order chi connectivity index (χ0) is 19.6. The summed E-state index contributed by atoms with van der Waals surface area (Å²) in [5.41, 5.74) is 5.92. The van der Waals surface area contributed by atoms with Gasteiger partial charge >= 0.3 is 0 Å². The summed E-state index contributed by atoms with van der Waals surface area (Å²) in [5, 5.41) is 0. The van der Waals surface area contributed by atoms with Gasteiger partial charge in [0, 0.05) is 44.5 Å². The van der Waals surface area contributed by atoms with Crippen molar-refractivity contribution in [3.05, 3.63) is 29.8 Å². The van der Waals surface area contributed by atoms with E-state index in [1.54, 1.807) is 21.9 Å². The molecular formula is C18H26ClN3O5S. The van der Waals surface area contributed by atoms with Crippen LogP contribution in [-0.4, -0.2) is 81.2 Å². The maximum absolute atomic E-state index is 12.7. The average Bonchev–Trinajstić information content (AvgIpc) is 3.16. The fourth-order valence-electron chi connectivity index (χ4n) is 3.44. The molecule has 2 atom stereocenters. The molecule has 0 radical (unpaired) electrons. The summed E-state index contributed by atoms with van der Waals surface area (Å²) in [5.74, 6) is -0.273. The van der Waals surface area contributed by atoms with Gasteiger partial charge in [-0.3, -0.25) is 9.59 Å². The van der Waals surface area contributed by atoms with Crippen molar-refractivity contribution in [1.82, 2.24) is 9.80 Å². The van der Waals surface area contributed by atoms with E-state index in [2.05, 4.69) is 0 Å². The molecule has 2 amide bonds.